The average Bonchev–Trinajstić information content (AvgIpc) is 2.49. The van der Waals surface area contributed by atoms with Gasteiger partial charge in [-0.25, -0.2) is 0 Å². The highest BCUT2D eigenvalue weighted by Crippen LogP contribution is 2.24. The third kappa shape index (κ3) is 2.76. The molecule has 1 heterocycles. The fourth-order valence-electron chi connectivity index (χ4n) is 2.75. The number of rotatable bonds is 2. The van der Waals surface area contributed by atoms with Gasteiger partial charge >= 0.3 is 0 Å². The van der Waals surface area contributed by atoms with E-state index in [0.717, 1.165) is 13.1 Å². The van der Waals surface area contributed by atoms with Crippen LogP contribution in [0.2, 0.25) is 0 Å². The quantitative estimate of drug-likeness (QED) is 0.739. The zero-order valence-electron chi connectivity index (χ0n) is 12.0. The maximum absolute atomic E-state index is 12.3. The fourth-order valence-corrected chi connectivity index (χ4v) is 2.75. The Balaban J connectivity index is 1.82. The number of hydrogen-bond donors (Lipinski definition) is 3. The van der Waals surface area contributed by atoms with Gasteiger partial charge in [-0.1, -0.05) is 18.2 Å². The van der Waals surface area contributed by atoms with Crippen molar-refractivity contribution in [2.45, 2.75) is 19.5 Å². The predicted molar refractivity (Wildman–Crippen MR) is 83.9 cm³/mol. The molecular formula is C17H19N3O. The molecule has 1 aliphatic heterocycles. The Hall–Kier alpha value is -2.33. The minimum absolute atomic E-state index is 0.00120. The maximum Gasteiger partial charge on any atom is 0.251 e. The first-order valence-corrected chi connectivity index (χ1v) is 7.10. The first-order valence-electron chi connectivity index (χ1n) is 7.10. The molecule has 0 aliphatic carbocycles. The van der Waals surface area contributed by atoms with E-state index in [1.54, 1.807) is 24.3 Å². The van der Waals surface area contributed by atoms with Gasteiger partial charge in [-0.3, -0.25) is 4.79 Å². The second kappa shape index (κ2) is 5.58. The van der Waals surface area contributed by atoms with Gasteiger partial charge in [-0.2, -0.15) is 0 Å². The Bertz CT molecular complexity index is 664. The van der Waals surface area contributed by atoms with E-state index in [1.807, 2.05) is 6.07 Å². The molecule has 1 amide bonds. The van der Waals surface area contributed by atoms with Gasteiger partial charge < -0.3 is 16.4 Å². The second-order valence-corrected chi connectivity index (χ2v) is 5.42. The summed E-state index contributed by atoms with van der Waals surface area (Å²) in [6.45, 7) is 3.71. The van der Waals surface area contributed by atoms with Gasteiger partial charge in [0.15, 0.2) is 0 Å². The number of amides is 1. The molecule has 0 saturated carbocycles. The predicted octanol–water partition coefficient (Wildman–Crippen LogP) is 2.15. The molecule has 21 heavy (non-hydrogen) atoms. The average molecular weight is 281 g/mol. The lowest BCUT2D eigenvalue weighted by atomic mass is 9.93. The van der Waals surface area contributed by atoms with Crippen LogP contribution >= 0.6 is 0 Å². The van der Waals surface area contributed by atoms with Crippen LogP contribution in [0, 0.1) is 6.92 Å². The number of carbonyl (C=O) groups excluding carboxylic acids is 1. The van der Waals surface area contributed by atoms with E-state index in [9.17, 15) is 4.79 Å². The Labute approximate surface area is 124 Å². The summed E-state index contributed by atoms with van der Waals surface area (Å²) in [7, 11) is 0. The van der Waals surface area contributed by atoms with Crippen LogP contribution in [0.3, 0.4) is 0 Å². The van der Waals surface area contributed by atoms with E-state index >= 15 is 0 Å². The highest BCUT2D eigenvalue weighted by Gasteiger charge is 2.22. The molecule has 0 saturated heterocycles. The van der Waals surface area contributed by atoms with Gasteiger partial charge in [-0.05, 0) is 47.9 Å². The minimum atomic E-state index is -0.0730. The topological polar surface area (TPSA) is 67.1 Å². The number of hydrogen-bond acceptors (Lipinski definition) is 3. The molecule has 1 unspecified atom stereocenters. The van der Waals surface area contributed by atoms with Gasteiger partial charge in [0.2, 0.25) is 0 Å². The van der Waals surface area contributed by atoms with Crippen molar-refractivity contribution in [2.24, 2.45) is 0 Å². The summed E-state index contributed by atoms with van der Waals surface area (Å²) in [5.41, 5.74) is 10.7. The highest BCUT2D eigenvalue weighted by atomic mass is 16.1. The number of aryl methyl sites for hydroxylation is 1. The number of nitrogens with two attached hydrogens (primary N) is 1. The molecule has 0 radical (unpaired) electrons. The summed E-state index contributed by atoms with van der Waals surface area (Å²) >= 11 is 0. The zero-order valence-corrected chi connectivity index (χ0v) is 12.0. The molecule has 4 N–H and O–H groups in total. The van der Waals surface area contributed by atoms with Gasteiger partial charge in [0, 0.05) is 24.3 Å². The largest absolute Gasteiger partial charge is 0.399 e. The van der Waals surface area contributed by atoms with Crippen molar-refractivity contribution in [3.8, 4) is 0 Å². The number of fused-ring (bicyclic) bond motifs is 1. The van der Waals surface area contributed by atoms with Crippen molar-refractivity contribution in [2.75, 3.05) is 12.3 Å². The molecule has 1 atom stereocenters. The van der Waals surface area contributed by atoms with Crippen molar-refractivity contribution < 1.29 is 4.79 Å². The lowest BCUT2D eigenvalue weighted by Gasteiger charge is -2.28. The van der Waals surface area contributed by atoms with Crippen molar-refractivity contribution in [1.29, 1.82) is 0 Å². The Morgan fingerprint density at radius 3 is 2.76 bits per heavy atom. The number of nitrogen functional groups attached to an aromatic ring is 1. The molecule has 0 fully saturated rings. The minimum Gasteiger partial charge on any atom is -0.399 e. The van der Waals surface area contributed by atoms with Gasteiger partial charge in [0.25, 0.3) is 5.91 Å². The van der Waals surface area contributed by atoms with Crippen LogP contribution in [0.15, 0.2) is 42.5 Å². The third-order valence-electron chi connectivity index (χ3n) is 3.95. The molecule has 0 aromatic heterocycles. The van der Waals surface area contributed by atoms with Crippen LogP contribution in [0.5, 0.6) is 0 Å². The molecule has 4 heteroatoms. The lowest BCUT2D eigenvalue weighted by Crippen LogP contribution is -2.39. The van der Waals surface area contributed by atoms with Gasteiger partial charge in [-0.15, -0.1) is 0 Å². The van der Waals surface area contributed by atoms with Crippen LogP contribution in [0.4, 0.5) is 5.69 Å². The Morgan fingerprint density at radius 2 is 2.00 bits per heavy atom. The van der Waals surface area contributed by atoms with E-state index in [0.29, 0.717) is 11.3 Å². The molecule has 4 nitrogen and oxygen atoms in total. The summed E-state index contributed by atoms with van der Waals surface area (Å²) in [6, 6.07) is 13.2. The van der Waals surface area contributed by atoms with Crippen molar-refractivity contribution in [1.82, 2.24) is 10.6 Å². The molecule has 108 valence electrons. The third-order valence-corrected chi connectivity index (χ3v) is 3.95. The van der Waals surface area contributed by atoms with Gasteiger partial charge in [0.1, 0.15) is 0 Å². The standard InChI is InChI=1S/C17H19N3O/c1-11-3-2-4-14-15(11)9-19-10-16(14)20-17(21)12-5-7-13(18)8-6-12/h2-8,16,19H,9-10,18H2,1H3,(H,20,21). The molecule has 0 bridgehead atoms. The molecule has 0 spiro atoms. The van der Waals surface area contributed by atoms with Crippen LogP contribution in [-0.2, 0) is 6.54 Å². The van der Waals surface area contributed by atoms with Crippen LogP contribution in [0.25, 0.3) is 0 Å². The number of nitrogens with one attached hydrogen (secondary N) is 2. The summed E-state index contributed by atoms with van der Waals surface area (Å²) in [5.74, 6) is -0.0730. The van der Waals surface area contributed by atoms with Crippen molar-refractivity contribution >= 4 is 11.6 Å². The summed E-state index contributed by atoms with van der Waals surface area (Å²) in [4.78, 5) is 12.3. The van der Waals surface area contributed by atoms with Crippen molar-refractivity contribution in [3.63, 3.8) is 0 Å². The van der Waals surface area contributed by atoms with E-state index in [2.05, 4.69) is 29.7 Å². The smallest absolute Gasteiger partial charge is 0.251 e. The van der Waals surface area contributed by atoms with E-state index < -0.39 is 0 Å². The molecule has 3 rings (SSSR count). The van der Waals surface area contributed by atoms with Crippen LogP contribution < -0.4 is 16.4 Å². The SMILES string of the molecule is Cc1cccc2c1CNCC2NC(=O)c1ccc(N)cc1. The van der Waals surface area contributed by atoms with E-state index in [-0.39, 0.29) is 11.9 Å². The maximum atomic E-state index is 12.3. The summed E-state index contributed by atoms with van der Waals surface area (Å²) in [6.07, 6.45) is 0. The molecule has 2 aromatic rings. The second-order valence-electron chi connectivity index (χ2n) is 5.42. The fraction of sp³-hybridized carbons (Fsp3) is 0.235. The summed E-state index contributed by atoms with van der Waals surface area (Å²) < 4.78 is 0. The normalized spacial score (nSPS) is 17.1. The zero-order chi connectivity index (χ0) is 14.8. The number of anilines is 1. The number of carbonyl (C=O) groups is 1. The van der Waals surface area contributed by atoms with E-state index in [4.69, 9.17) is 5.73 Å². The monoisotopic (exact) mass is 281 g/mol. The first kappa shape index (κ1) is 13.6. The highest BCUT2D eigenvalue weighted by molar-refractivity contribution is 5.94. The molecular weight excluding hydrogens is 262 g/mol. The van der Waals surface area contributed by atoms with Crippen LogP contribution in [-0.4, -0.2) is 12.5 Å². The van der Waals surface area contributed by atoms with Crippen molar-refractivity contribution in [3.05, 3.63) is 64.7 Å². The summed E-state index contributed by atoms with van der Waals surface area (Å²) in [5, 5.41) is 6.46. The Kier molecular flexibility index (Phi) is 3.62. The Morgan fingerprint density at radius 1 is 1.24 bits per heavy atom. The first-order chi connectivity index (χ1) is 10.1. The number of benzene rings is 2. The van der Waals surface area contributed by atoms with Gasteiger partial charge in [0.05, 0.1) is 6.04 Å². The molecule has 1 aliphatic rings. The van der Waals surface area contributed by atoms with E-state index in [1.165, 1.54) is 16.7 Å². The molecule has 2 aromatic carbocycles. The lowest BCUT2D eigenvalue weighted by molar-refractivity contribution is 0.0934. The van der Waals surface area contributed by atoms with Crippen LogP contribution in [0.1, 0.15) is 33.1 Å².